The number of allylic oxidation sites excluding steroid dienone is 1. The van der Waals surface area contributed by atoms with Gasteiger partial charge in [0.15, 0.2) is 0 Å². The molecular weight excluding hydrogens is 128 g/mol. The quantitative estimate of drug-likeness (QED) is 0.440. The van der Waals surface area contributed by atoms with Crippen LogP contribution in [0.3, 0.4) is 0 Å². The van der Waals surface area contributed by atoms with E-state index in [-0.39, 0.29) is 0 Å². The molecule has 0 aromatic heterocycles. The van der Waals surface area contributed by atoms with E-state index in [4.69, 9.17) is 0 Å². The smallest absolute Gasteiger partial charge is 0.297 e. The van der Waals surface area contributed by atoms with Gasteiger partial charge in [-0.25, -0.2) is 0 Å². The van der Waals surface area contributed by atoms with Gasteiger partial charge in [-0.15, -0.1) is 0 Å². The summed E-state index contributed by atoms with van der Waals surface area (Å²) in [6.07, 6.45) is 5.90. The Labute approximate surface area is 60.9 Å². The first-order chi connectivity index (χ1) is 4.83. The maximum atomic E-state index is 9.68. The van der Waals surface area contributed by atoms with Crippen molar-refractivity contribution in [3.63, 3.8) is 0 Å². The summed E-state index contributed by atoms with van der Waals surface area (Å²) < 4.78 is 4.41. The average Bonchev–Trinajstić information content (AvgIpc) is 1.85. The van der Waals surface area contributed by atoms with Gasteiger partial charge in [0, 0.05) is 0 Å². The van der Waals surface area contributed by atoms with Gasteiger partial charge in [0.2, 0.25) is 0 Å². The molecule has 0 aliphatic heterocycles. The summed E-state index contributed by atoms with van der Waals surface area (Å²) in [6, 6.07) is 0. The molecule has 1 aliphatic rings. The van der Waals surface area contributed by atoms with Crippen molar-refractivity contribution in [2.75, 3.05) is 0 Å². The van der Waals surface area contributed by atoms with E-state index in [2.05, 4.69) is 11.7 Å². The van der Waals surface area contributed by atoms with Gasteiger partial charge < -0.3 is 4.74 Å². The highest BCUT2D eigenvalue weighted by atomic mass is 16.5. The van der Waals surface area contributed by atoms with Gasteiger partial charge in [-0.1, -0.05) is 6.92 Å². The fourth-order valence-electron chi connectivity index (χ4n) is 1.31. The second-order valence-electron chi connectivity index (χ2n) is 2.90. The number of rotatable bonds is 3. The van der Waals surface area contributed by atoms with Crippen LogP contribution in [0.2, 0.25) is 0 Å². The highest BCUT2D eigenvalue weighted by Gasteiger charge is 2.22. The summed E-state index contributed by atoms with van der Waals surface area (Å²) >= 11 is 0. The normalized spacial score (nSPS) is 31.7. The molecule has 10 heavy (non-hydrogen) atoms. The minimum Gasteiger partial charge on any atom is -0.437 e. The summed E-state index contributed by atoms with van der Waals surface area (Å²) in [5.41, 5.74) is 0. The molecule has 0 saturated heterocycles. The van der Waals surface area contributed by atoms with Gasteiger partial charge in [-0.3, -0.25) is 4.79 Å². The zero-order valence-electron chi connectivity index (χ0n) is 6.12. The Morgan fingerprint density at radius 3 is 2.70 bits per heavy atom. The largest absolute Gasteiger partial charge is 0.437 e. The van der Waals surface area contributed by atoms with Crippen LogP contribution in [-0.4, -0.2) is 6.47 Å². The van der Waals surface area contributed by atoms with Gasteiger partial charge >= 0.3 is 0 Å². The molecule has 56 valence electrons. The van der Waals surface area contributed by atoms with Gasteiger partial charge in [-0.2, -0.15) is 0 Å². The van der Waals surface area contributed by atoms with E-state index >= 15 is 0 Å². The summed E-state index contributed by atoms with van der Waals surface area (Å²) in [7, 11) is 0. The van der Waals surface area contributed by atoms with E-state index in [1.807, 2.05) is 6.08 Å². The molecule has 2 heteroatoms. The molecule has 1 saturated carbocycles. The number of hydrogen-bond donors (Lipinski definition) is 0. The molecule has 1 aliphatic carbocycles. The van der Waals surface area contributed by atoms with Crippen LogP contribution in [0.1, 0.15) is 19.8 Å². The van der Waals surface area contributed by atoms with E-state index in [1.54, 1.807) is 0 Å². The van der Waals surface area contributed by atoms with E-state index in [0.717, 1.165) is 5.92 Å². The van der Waals surface area contributed by atoms with Crippen molar-refractivity contribution in [2.24, 2.45) is 11.8 Å². The molecule has 0 aromatic rings. The van der Waals surface area contributed by atoms with Gasteiger partial charge in [0.25, 0.3) is 6.47 Å². The molecule has 0 spiro atoms. The van der Waals surface area contributed by atoms with E-state index in [0.29, 0.717) is 12.4 Å². The predicted molar refractivity (Wildman–Crippen MR) is 38.2 cm³/mol. The Morgan fingerprint density at radius 1 is 1.50 bits per heavy atom. The lowest BCUT2D eigenvalue weighted by atomic mass is 9.76. The van der Waals surface area contributed by atoms with Crippen LogP contribution in [-0.2, 0) is 9.53 Å². The Morgan fingerprint density at radius 2 is 2.20 bits per heavy atom. The minimum absolute atomic E-state index is 0.443. The lowest BCUT2D eigenvalue weighted by Gasteiger charge is -2.29. The first kappa shape index (κ1) is 7.32. The maximum absolute atomic E-state index is 9.68. The van der Waals surface area contributed by atoms with Crippen LogP contribution >= 0.6 is 0 Å². The number of carbonyl (C=O) groups excluding carboxylic acids is 1. The summed E-state index contributed by atoms with van der Waals surface area (Å²) in [5.74, 6) is 1.50. The molecule has 0 aromatic carbocycles. The van der Waals surface area contributed by atoms with Crippen molar-refractivity contribution in [3.05, 3.63) is 12.3 Å². The third-order valence-electron chi connectivity index (χ3n) is 1.90. The second-order valence-corrected chi connectivity index (χ2v) is 2.90. The van der Waals surface area contributed by atoms with Crippen molar-refractivity contribution in [1.82, 2.24) is 0 Å². The van der Waals surface area contributed by atoms with Crippen molar-refractivity contribution in [1.29, 1.82) is 0 Å². The van der Waals surface area contributed by atoms with Crippen LogP contribution in [0.4, 0.5) is 0 Å². The van der Waals surface area contributed by atoms with Crippen molar-refractivity contribution < 1.29 is 9.53 Å². The minimum atomic E-state index is 0.443. The standard InChI is InChI=1S/C8H12O2/c1-7-4-8(5-7)2-3-10-6-9/h2-3,6-8H,4-5H2,1H3/b3-2+. The monoisotopic (exact) mass is 140 g/mol. The number of hydrogen-bond acceptors (Lipinski definition) is 2. The van der Waals surface area contributed by atoms with Crippen LogP contribution in [0, 0.1) is 11.8 Å². The molecule has 2 nitrogen and oxygen atoms in total. The zero-order chi connectivity index (χ0) is 7.40. The van der Waals surface area contributed by atoms with Gasteiger partial charge in [0.1, 0.15) is 0 Å². The average molecular weight is 140 g/mol. The molecule has 0 radical (unpaired) electrons. The lowest BCUT2D eigenvalue weighted by molar-refractivity contribution is -0.123. The summed E-state index contributed by atoms with van der Waals surface area (Å²) in [4.78, 5) is 9.68. The molecular formula is C8H12O2. The Hall–Kier alpha value is -0.790. The second kappa shape index (κ2) is 3.40. The first-order valence-corrected chi connectivity index (χ1v) is 3.58. The zero-order valence-corrected chi connectivity index (χ0v) is 6.12. The van der Waals surface area contributed by atoms with Gasteiger partial charge in [-0.05, 0) is 30.8 Å². The molecule has 1 rings (SSSR count). The Kier molecular flexibility index (Phi) is 2.49. The van der Waals surface area contributed by atoms with Crippen molar-refractivity contribution in [2.45, 2.75) is 19.8 Å². The highest BCUT2D eigenvalue weighted by molar-refractivity contribution is 5.38. The topological polar surface area (TPSA) is 26.3 Å². The fraction of sp³-hybridized carbons (Fsp3) is 0.625. The van der Waals surface area contributed by atoms with E-state index < -0.39 is 0 Å². The van der Waals surface area contributed by atoms with Crippen molar-refractivity contribution >= 4 is 6.47 Å². The lowest BCUT2D eigenvalue weighted by Crippen LogP contribution is -2.18. The molecule has 0 atom stereocenters. The summed E-state index contributed by atoms with van der Waals surface area (Å²) in [5, 5.41) is 0. The molecule has 0 heterocycles. The maximum Gasteiger partial charge on any atom is 0.297 e. The van der Waals surface area contributed by atoms with Crippen molar-refractivity contribution in [3.8, 4) is 0 Å². The van der Waals surface area contributed by atoms with E-state index in [1.165, 1.54) is 19.1 Å². The van der Waals surface area contributed by atoms with E-state index in [9.17, 15) is 4.79 Å². The van der Waals surface area contributed by atoms with Crippen LogP contribution < -0.4 is 0 Å². The number of ether oxygens (including phenoxy) is 1. The molecule has 1 fully saturated rings. The SMILES string of the molecule is CC1CC(/C=C/OC=O)C1. The van der Waals surface area contributed by atoms with Crippen LogP contribution in [0.15, 0.2) is 12.3 Å². The molecule has 0 unspecified atom stereocenters. The number of carbonyl (C=O) groups is 1. The Balaban J connectivity index is 2.09. The van der Waals surface area contributed by atoms with Gasteiger partial charge in [0.05, 0.1) is 6.26 Å². The fourth-order valence-corrected chi connectivity index (χ4v) is 1.31. The summed E-state index contributed by atoms with van der Waals surface area (Å²) in [6.45, 7) is 2.67. The Bertz CT molecular complexity index is 134. The van der Waals surface area contributed by atoms with Crippen LogP contribution in [0.25, 0.3) is 0 Å². The highest BCUT2D eigenvalue weighted by Crippen LogP contribution is 2.33. The third-order valence-corrected chi connectivity index (χ3v) is 1.90. The molecule has 0 N–H and O–H groups in total. The first-order valence-electron chi connectivity index (χ1n) is 3.58. The third kappa shape index (κ3) is 1.87. The molecule has 0 bridgehead atoms. The van der Waals surface area contributed by atoms with Crippen LogP contribution in [0.5, 0.6) is 0 Å². The molecule has 0 amide bonds. The predicted octanol–water partition coefficient (Wildman–Crippen LogP) is 1.72.